The molecule has 1 aromatic heterocycles. The van der Waals surface area contributed by atoms with Crippen molar-refractivity contribution in [2.24, 2.45) is 0 Å². The molecule has 0 atom stereocenters. The minimum Gasteiger partial charge on any atom is -0.314 e. The smallest absolute Gasteiger partial charge is 0.166 e. The van der Waals surface area contributed by atoms with Crippen molar-refractivity contribution < 1.29 is 4.79 Å². The van der Waals surface area contributed by atoms with Gasteiger partial charge in [-0.05, 0) is 42.7 Å². The molecule has 0 aliphatic carbocycles. The molecule has 0 saturated carbocycles. The monoisotopic (exact) mass is 227 g/mol. The van der Waals surface area contributed by atoms with Crippen molar-refractivity contribution in [2.45, 2.75) is 26.2 Å². The summed E-state index contributed by atoms with van der Waals surface area (Å²) in [7, 11) is 0. The van der Waals surface area contributed by atoms with Gasteiger partial charge in [-0.25, -0.2) is 0 Å². The highest BCUT2D eigenvalue weighted by molar-refractivity contribution is 5.73. The summed E-state index contributed by atoms with van der Waals surface area (Å²) in [6.07, 6.45) is 6.36. The van der Waals surface area contributed by atoms with Crippen molar-refractivity contribution in [3.63, 3.8) is 0 Å². The first-order valence-corrected chi connectivity index (χ1v) is 6.07. The summed E-state index contributed by atoms with van der Waals surface area (Å²) in [5.74, 6) is 0. The number of benzene rings is 1. The molecule has 0 unspecified atom stereocenters. The third kappa shape index (κ3) is 2.64. The van der Waals surface area contributed by atoms with Gasteiger partial charge in [0.25, 0.3) is 0 Å². The molecule has 2 rings (SSSR count). The average Bonchev–Trinajstić information content (AvgIpc) is 2.85. The Morgan fingerprint density at radius 3 is 2.59 bits per heavy atom. The summed E-state index contributed by atoms with van der Waals surface area (Å²) in [6.45, 7) is 2.20. The predicted molar refractivity (Wildman–Crippen MR) is 69.8 cm³/mol. The highest BCUT2D eigenvalue weighted by Crippen LogP contribution is 2.14. The van der Waals surface area contributed by atoms with Crippen molar-refractivity contribution in [2.75, 3.05) is 0 Å². The largest absolute Gasteiger partial charge is 0.314 e. The molecule has 0 spiro atoms. The summed E-state index contributed by atoms with van der Waals surface area (Å²) in [6, 6.07) is 12.1. The Labute approximate surface area is 102 Å². The van der Waals surface area contributed by atoms with E-state index in [1.54, 1.807) is 0 Å². The fourth-order valence-electron chi connectivity index (χ4n) is 1.93. The van der Waals surface area contributed by atoms with Crippen LogP contribution in [0.3, 0.4) is 0 Å². The summed E-state index contributed by atoms with van der Waals surface area (Å²) in [5, 5.41) is 0. The van der Waals surface area contributed by atoms with Crippen LogP contribution in [0.25, 0.3) is 5.69 Å². The first kappa shape index (κ1) is 11.6. The zero-order valence-corrected chi connectivity index (χ0v) is 10.1. The molecular formula is C15H17NO. The SMILES string of the molecule is CCCCc1ccc(-n2cccc2C=O)cc1. The fraction of sp³-hybridized carbons (Fsp3) is 0.267. The first-order valence-electron chi connectivity index (χ1n) is 6.07. The maximum absolute atomic E-state index is 10.8. The third-order valence-electron chi connectivity index (χ3n) is 2.93. The number of hydrogen-bond acceptors (Lipinski definition) is 1. The molecule has 0 saturated heterocycles. The molecule has 0 fully saturated rings. The molecule has 0 aliphatic rings. The van der Waals surface area contributed by atoms with Gasteiger partial charge in [-0.1, -0.05) is 25.5 Å². The highest BCUT2D eigenvalue weighted by Gasteiger charge is 2.01. The summed E-state index contributed by atoms with van der Waals surface area (Å²) >= 11 is 0. The van der Waals surface area contributed by atoms with E-state index in [1.165, 1.54) is 18.4 Å². The average molecular weight is 227 g/mol. The molecule has 1 heterocycles. The van der Waals surface area contributed by atoms with Crippen LogP contribution in [0.1, 0.15) is 35.8 Å². The number of aldehydes is 1. The van der Waals surface area contributed by atoms with E-state index >= 15 is 0 Å². The molecule has 2 nitrogen and oxygen atoms in total. The van der Waals surface area contributed by atoms with Crippen LogP contribution in [-0.2, 0) is 6.42 Å². The standard InChI is InChI=1S/C15H17NO/c1-2-3-5-13-7-9-14(10-8-13)16-11-4-6-15(16)12-17/h4,6-12H,2-3,5H2,1H3. The number of carbonyl (C=O) groups is 1. The van der Waals surface area contributed by atoms with Crippen LogP contribution < -0.4 is 0 Å². The molecule has 1 aromatic carbocycles. The molecule has 2 aromatic rings. The van der Waals surface area contributed by atoms with Crippen LogP contribution in [0.2, 0.25) is 0 Å². The third-order valence-corrected chi connectivity index (χ3v) is 2.93. The predicted octanol–water partition coefficient (Wildman–Crippen LogP) is 3.63. The van der Waals surface area contributed by atoms with E-state index in [0.717, 1.165) is 18.4 Å². The maximum Gasteiger partial charge on any atom is 0.166 e. The van der Waals surface area contributed by atoms with Crippen molar-refractivity contribution >= 4 is 6.29 Å². The molecule has 0 bridgehead atoms. The first-order chi connectivity index (χ1) is 8.35. The molecule has 0 radical (unpaired) electrons. The van der Waals surface area contributed by atoms with Gasteiger partial charge in [0.1, 0.15) is 0 Å². The van der Waals surface area contributed by atoms with Gasteiger partial charge >= 0.3 is 0 Å². The van der Waals surface area contributed by atoms with E-state index in [0.29, 0.717) is 5.69 Å². The molecule has 17 heavy (non-hydrogen) atoms. The number of rotatable bonds is 5. The number of nitrogens with zero attached hydrogens (tertiary/aromatic N) is 1. The van der Waals surface area contributed by atoms with Crippen LogP contribution in [0.4, 0.5) is 0 Å². The maximum atomic E-state index is 10.8. The molecule has 0 amide bonds. The van der Waals surface area contributed by atoms with Crippen molar-refractivity contribution in [1.82, 2.24) is 4.57 Å². The minimum absolute atomic E-state index is 0.686. The fourth-order valence-corrected chi connectivity index (χ4v) is 1.93. The topological polar surface area (TPSA) is 22.0 Å². The van der Waals surface area contributed by atoms with Crippen molar-refractivity contribution in [3.8, 4) is 5.69 Å². The Balaban J connectivity index is 2.20. The van der Waals surface area contributed by atoms with Crippen molar-refractivity contribution in [3.05, 3.63) is 53.9 Å². The van der Waals surface area contributed by atoms with Gasteiger partial charge in [-0.3, -0.25) is 4.79 Å². The lowest BCUT2D eigenvalue weighted by atomic mass is 10.1. The van der Waals surface area contributed by atoms with Gasteiger partial charge in [0.05, 0.1) is 5.69 Å². The lowest BCUT2D eigenvalue weighted by molar-refractivity contribution is 0.111. The normalized spacial score (nSPS) is 10.4. The molecule has 0 aliphatic heterocycles. The van der Waals surface area contributed by atoms with Crippen LogP contribution >= 0.6 is 0 Å². The van der Waals surface area contributed by atoms with E-state index in [9.17, 15) is 4.79 Å². The molecule has 2 heteroatoms. The van der Waals surface area contributed by atoms with E-state index in [2.05, 4.69) is 31.2 Å². The minimum atomic E-state index is 0.686. The second-order valence-corrected chi connectivity index (χ2v) is 4.19. The van der Waals surface area contributed by atoms with Crippen LogP contribution in [0.15, 0.2) is 42.6 Å². The Bertz CT molecular complexity index is 482. The Kier molecular flexibility index (Phi) is 3.76. The van der Waals surface area contributed by atoms with Gasteiger partial charge in [0.15, 0.2) is 6.29 Å². The van der Waals surface area contributed by atoms with Gasteiger partial charge in [-0.15, -0.1) is 0 Å². The van der Waals surface area contributed by atoms with Gasteiger partial charge in [-0.2, -0.15) is 0 Å². The number of hydrogen-bond donors (Lipinski definition) is 0. The van der Waals surface area contributed by atoms with E-state index < -0.39 is 0 Å². The zero-order chi connectivity index (χ0) is 12.1. The summed E-state index contributed by atoms with van der Waals surface area (Å²) in [5.41, 5.74) is 3.08. The van der Waals surface area contributed by atoms with Gasteiger partial charge in [0.2, 0.25) is 0 Å². The quantitative estimate of drug-likeness (QED) is 0.715. The molecule has 88 valence electrons. The van der Waals surface area contributed by atoms with E-state index in [-0.39, 0.29) is 0 Å². The second-order valence-electron chi connectivity index (χ2n) is 4.19. The van der Waals surface area contributed by atoms with Gasteiger partial charge < -0.3 is 4.57 Å². The van der Waals surface area contributed by atoms with E-state index in [4.69, 9.17) is 0 Å². The number of unbranched alkanes of at least 4 members (excludes halogenated alkanes) is 1. The Morgan fingerprint density at radius 2 is 1.94 bits per heavy atom. The lowest BCUT2D eigenvalue weighted by Gasteiger charge is -2.06. The summed E-state index contributed by atoms with van der Waals surface area (Å²) in [4.78, 5) is 10.8. The molecular weight excluding hydrogens is 210 g/mol. The Hall–Kier alpha value is -1.83. The van der Waals surface area contributed by atoms with Crippen LogP contribution in [0, 0.1) is 0 Å². The second kappa shape index (κ2) is 5.48. The van der Waals surface area contributed by atoms with Crippen LogP contribution in [-0.4, -0.2) is 10.9 Å². The Morgan fingerprint density at radius 1 is 1.18 bits per heavy atom. The van der Waals surface area contributed by atoms with E-state index in [1.807, 2.05) is 22.9 Å². The lowest BCUT2D eigenvalue weighted by Crippen LogP contribution is -1.97. The van der Waals surface area contributed by atoms with Crippen LogP contribution in [0.5, 0.6) is 0 Å². The summed E-state index contributed by atoms with van der Waals surface area (Å²) < 4.78 is 1.90. The zero-order valence-electron chi connectivity index (χ0n) is 10.1. The highest BCUT2D eigenvalue weighted by atomic mass is 16.1. The number of aryl methyl sites for hydroxylation is 1. The number of aromatic nitrogens is 1. The number of carbonyl (C=O) groups excluding carboxylic acids is 1. The van der Waals surface area contributed by atoms with Crippen molar-refractivity contribution in [1.29, 1.82) is 0 Å². The molecule has 0 N–H and O–H groups in total. The van der Waals surface area contributed by atoms with Gasteiger partial charge in [0, 0.05) is 11.9 Å².